The predicted octanol–water partition coefficient (Wildman–Crippen LogP) is 2.53. The molecule has 1 unspecified atom stereocenters. The van der Waals surface area contributed by atoms with Gasteiger partial charge in [-0.3, -0.25) is 0 Å². The van der Waals surface area contributed by atoms with Gasteiger partial charge >= 0.3 is 6.18 Å². The Balaban J connectivity index is 3.23. The van der Waals surface area contributed by atoms with Crippen LogP contribution in [0.3, 0.4) is 0 Å². The van der Waals surface area contributed by atoms with Crippen LogP contribution in [-0.4, -0.2) is 13.7 Å². The van der Waals surface area contributed by atoms with E-state index in [1.54, 1.807) is 0 Å². The van der Waals surface area contributed by atoms with Gasteiger partial charge in [0.15, 0.2) is 0 Å². The monoisotopic (exact) mass is 233 g/mol. The summed E-state index contributed by atoms with van der Waals surface area (Å²) < 4.78 is 43.0. The van der Waals surface area contributed by atoms with E-state index >= 15 is 0 Å². The second kappa shape index (κ2) is 4.43. The Hall–Kier alpha value is -1.07. The maximum Gasteiger partial charge on any atom is 0.416 e. The lowest BCUT2D eigenvalue weighted by molar-refractivity contribution is -0.139. The Labute approximate surface area is 92.2 Å². The highest BCUT2D eigenvalue weighted by Crippen LogP contribution is 2.35. The zero-order valence-electron chi connectivity index (χ0n) is 9.14. The van der Waals surface area contributed by atoms with Crippen molar-refractivity contribution >= 4 is 0 Å². The third-order valence-corrected chi connectivity index (χ3v) is 2.29. The zero-order chi connectivity index (χ0) is 12.4. The molecule has 16 heavy (non-hydrogen) atoms. The van der Waals surface area contributed by atoms with Crippen LogP contribution < -0.4 is 5.73 Å². The first-order chi connectivity index (χ1) is 7.29. The molecule has 0 fully saturated rings. The summed E-state index contributed by atoms with van der Waals surface area (Å²) >= 11 is 0. The van der Waals surface area contributed by atoms with Gasteiger partial charge in [-0.2, -0.15) is 13.2 Å². The number of hydrogen-bond acceptors (Lipinski definition) is 2. The molecule has 0 saturated heterocycles. The van der Waals surface area contributed by atoms with E-state index < -0.39 is 17.3 Å². The van der Waals surface area contributed by atoms with Gasteiger partial charge < -0.3 is 10.5 Å². The fourth-order valence-electron chi connectivity index (χ4n) is 1.61. The summed E-state index contributed by atoms with van der Waals surface area (Å²) in [5, 5.41) is 0. The maximum absolute atomic E-state index is 12.7. The van der Waals surface area contributed by atoms with E-state index in [0.717, 1.165) is 6.07 Å². The average Bonchev–Trinajstić information content (AvgIpc) is 2.16. The second-order valence-electron chi connectivity index (χ2n) is 3.89. The Kier molecular flexibility index (Phi) is 3.60. The van der Waals surface area contributed by atoms with Crippen LogP contribution in [0.1, 0.15) is 18.1 Å². The predicted molar refractivity (Wildman–Crippen MR) is 54.9 cm³/mol. The molecular formula is C11H14F3NO. The lowest BCUT2D eigenvalue weighted by atomic mass is 9.89. The number of rotatable bonds is 3. The number of methoxy groups -OCH3 is 1. The molecule has 0 amide bonds. The first-order valence-electron chi connectivity index (χ1n) is 4.73. The Morgan fingerprint density at radius 3 is 2.12 bits per heavy atom. The molecular weight excluding hydrogens is 219 g/mol. The van der Waals surface area contributed by atoms with Crippen molar-refractivity contribution in [3.8, 4) is 0 Å². The third-order valence-electron chi connectivity index (χ3n) is 2.29. The fourth-order valence-corrected chi connectivity index (χ4v) is 1.61. The van der Waals surface area contributed by atoms with E-state index in [-0.39, 0.29) is 12.2 Å². The molecule has 0 heterocycles. The van der Waals surface area contributed by atoms with Crippen LogP contribution in [0.5, 0.6) is 0 Å². The van der Waals surface area contributed by atoms with Crippen LogP contribution in [0.4, 0.5) is 13.2 Å². The third kappa shape index (κ3) is 2.74. The number of alkyl halides is 3. The lowest BCUT2D eigenvalue weighted by Crippen LogP contribution is -2.39. The average molecular weight is 233 g/mol. The number of ether oxygens (including phenoxy) is 1. The van der Waals surface area contributed by atoms with Crippen molar-refractivity contribution in [1.82, 2.24) is 0 Å². The Bertz CT molecular complexity index is 360. The molecule has 90 valence electrons. The molecule has 2 nitrogen and oxygen atoms in total. The van der Waals surface area contributed by atoms with Crippen molar-refractivity contribution in [2.24, 2.45) is 5.73 Å². The van der Waals surface area contributed by atoms with E-state index in [1.165, 1.54) is 32.2 Å². The van der Waals surface area contributed by atoms with Crippen LogP contribution in [0.15, 0.2) is 24.3 Å². The summed E-state index contributed by atoms with van der Waals surface area (Å²) in [4.78, 5) is 0. The van der Waals surface area contributed by atoms with Crippen LogP contribution in [0.2, 0.25) is 0 Å². The normalized spacial score (nSPS) is 15.9. The van der Waals surface area contributed by atoms with Crippen LogP contribution in [-0.2, 0) is 16.5 Å². The van der Waals surface area contributed by atoms with E-state index in [9.17, 15) is 13.2 Å². The molecule has 0 spiro atoms. The molecule has 0 aliphatic rings. The highest BCUT2D eigenvalue weighted by Gasteiger charge is 2.37. The number of benzene rings is 1. The molecule has 1 atom stereocenters. The molecule has 2 N–H and O–H groups in total. The van der Waals surface area contributed by atoms with Gasteiger partial charge in [-0.25, -0.2) is 0 Å². The quantitative estimate of drug-likeness (QED) is 0.870. The molecule has 0 aliphatic carbocycles. The molecule has 0 aliphatic heterocycles. The number of hydrogen-bond donors (Lipinski definition) is 1. The van der Waals surface area contributed by atoms with Gasteiger partial charge in [-0.05, 0) is 18.6 Å². The Morgan fingerprint density at radius 2 is 1.69 bits per heavy atom. The van der Waals surface area contributed by atoms with Crippen molar-refractivity contribution in [2.75, 3.05) is 13.7 Å². The van der Waals surface area contributed by atoms with E-state index in [0.29, 0.717) is 0 Å². The lowest BCUT2D eigenvalue weighted by Gasteiger charge is -2.27. The molecule has 0 radical (unpaired) electrons. The van der Waals surface area contributed by atoms with Crippen LogP contribution in [0, 0.1) is 0 Å². The minimum Gasteiger partial charge on any atom is -0.382 e. The molecule has 0 aromatic heterocycles. The molecule has 0 saturated carbocycles. The van der Waals surface area contributed by atoms with Crippen molar-refractivity contribution in [2.45, 2.75) is 18.6 Å². The molecule has 1 aromatic carbocycles. The zero-order valence-corrected chi connectivity index (χ0v) is 9.14. The van der Waals surface area contributed by atoms with E-state index in [2.05, 4.69) is 0 Å². The molecule has 0 bridgehead atoms. The van der Waals surface area contributed by atoms with Crippen molar-refractivity contribution in [3.05, 3.63) is 35.4 Å². The highest BCUT2D eigenvalue weighted by molar-refractivity contribution is 5.35. The van der Waals surface area contributed by atoms with Gasteiger partial charge in [0.05, 0.1) is 17.7 Å². The molecule has 1 aromatic rings. The van der Waals surface area contributed by atoms with Gasteiger partial charge in [0.25, 0.3) is 0 Å². The first kappa shape index (κ1) is 13.0. The summed E-state index contributed by atoms with van der Waals surface area (Å²) in [5.74, 6) is 0. The van der Waals surface area contributed by atoms with Crippen molar-refractivity contribution in [1.29, 1.82) is 0 Å². The van der Waals surface area contributed by atoms with Gasteiger partial charge in [0, 0.05) is 7.11 Å². The van der Waals surface area contributed by atoms with Crippen LogP contribution >= 0.6 is 0 Å². The van der Waals surface area contributed by atoms with Crippen molar-refractivity contribution in [3.63, 3.8) is 0 Å². The Morgan fingerprint density at radius 1 is 1.19 bits per heavy atom. The minimum atomic E-state index is -4.40. The number of nitrogens with two attached hydrogens (primary N) is 1. The minimum absolute atomic E-state index is 0.0279. The van der Waals surface area contributed by atoms with Gasteiger partial charge in [-0.1, -0.05) is 18.2 Å². The van der Waals surface area contributed by atoms with E-state index in [1.807, 2.05) is 0 Å². The van der Waals surface area contributed by atoms with Crippen LogP contribution in [0.25, 0.3) is 0 Å². The topological polar surface area (TPSA) is 35.2 Å². The van der Waals surface area contributed by atoms with Crippen molar-refractivity contribution < 1.29 is 17.9 Å². The van der Waals surface area contributed by atoms with Gasteiger partial charge in [0.2, 0.25) is 0 Å². The van der Waals surface area contributed by atoms with E-state index in [4.69, 9.17) is 10.5 Å². The maximum atomic E-state index is 12.7. The standard InChI is InChI=1S/C11H14F3NO/c1-10(15,7-16-2)8-5-3-4-6-9(8)11(12,13)14/h3-6H,7,15H2,1-2H3. The largest absolute Gasteiger partial charge is 0.416 e. The summed E-state index contributed by atoms with van der Waals surface area (Å²) in [7, 11) is 1.40. The SMILES string of the molecule is COCC(C)(N)c1ccccc1C(F)(F)F. The van der Waals surface area contributed by atoms with Gasteiger partial charge in [0.1, 0.15) is 0 Å². The fraction of sp³-hybridized carbons (Fsp3) is 0.455. The smallest absolute Gasteiger partial charge is 0.382 e. The summed E-state index contributed by atoms with van der Waals surface area (Å²) in [5.41, 5.74) is 4.00. The second-order valence-corrected chi connectivity index (χ2v) is 3.89. The number of halogens is 3. The summed E-state index contributed by atoms with van der Waals surface area (Å²) in [6.07, 6.45) is -4.40. The first-order valence-corrected chi connectivity index (χ1v) is 4.73. The summed E-state index contributed by atoms with van der Waals surface area (Å²) in [6.45, 7) is 1.54. The summed E-state index contributed by atoms with van der Waals surface area (Å²) in [6, 6.07) is 5.28. The molecule has 5 heteroatoms. The highest BCUT2D eigenvalue weighted by atomic mass is 19.4. The van der Waals surface area contributed by atoms with Gasteiger partial charge in [-0.15, -0.1) is 0 Å². The molecule has 1 rings (SSSR count).